The van der Waals surface area contributed by atoms with Crippen LogP contribution in [0.25, 0.3) is 0 Å². The van der Waals surface area contributed by atoms with Crippen molar-refractivity contribution in [3.63, 3.8) is 0 Å². The van der Waals surface area contributed by atoms with Crippen molar-refractivity contribution >= 4 is 5.91 Å². The van der Waals surface area contributed by atoms with E-state index in [0.717, 1.165) is 0 Å². The smallest absolute Gasteiger partial charge is 0.249 e. The van der Waals surface area contributed by atoms with E-state index in [2.05, 4.69) is 5.32 Å². The van der Waals surface area contributed by atoms with Crippen molar-refractivity contribution < 1.29 is 69.7 Å². The molecule has 3 aliphatic rings. The maximum atomic E-state index is 12.6. The van der Waals surface area contributed by atoms with E-state index in [-0.39, 0.29) is 19.4 Å². The minimum Gasteiger partial charge on any atom is -0.394 e. The first-order chi connectivity index (χ1) is 18.9. The first-order valence-electron chi connectivity index (χ1n) is 13.0. The molecule has 7 unspecified atom stereocenters. The summed E-state index contributed by atoms with van der Waals surface area (Å²) in [5.41, 5.74) is 17.5. The molecule has 0 radical (unpaired) electrons. The molecule has 0 bridgehead atoms. The van der Waals surface area contributed by atoms with Gasteiger partial charge in [0.2, 0.25) is 5.91 Å². The molecule has 40 heavy (non-hydrogen) atoms. The van der Waals surface area contributed by atoms with Crippen LogP contribution in [0.1, 0.15) is 12.8 Å². The van der Waals surface area contributed by atoms with Gasteiger partial charge in [-0.3, -0.25) is 4.79 Å². The van der Waals surface area contributed by atoms with Crippen LogP contribution in [-0.4, -0.2) is 169 Å². The van der Waals surface area contributed by atoms with Crippen molar-refractivity contribution in [3.05, 3.63) is 0 Å². The predicted molar refractivity (Wildman–Crippen MR) is 129 cm³/mol. The highest BCUT2D eigenvalue weighted by Crippen LogP contribution is 2.32. The molecule has 0 aromatic rings. The fourth-order valence-electron chi connectivity index (χ4n) is 5.02. The van der Waals surface area contributed by atoms with Crippen LogP contribution < -0.4 is 22.5 Å². The van der Waals surface area contributed by atoms with Gasteiger partial charge in [0.1, 0.15) is 67.1 Å². The number of carbonyl (C=O) groups is 1. The molecular weight excluding hydrogens is 544 g/mol. The minimum atomic E-state index is -1.81. The number of nitrogens with two attached hydrogens (primary N) is 3. The summed E-state index contributed by atoms with van der Waals surface area (Å²) >= 11 is 0. The highest BCUT2D eigenvalue weighted by atomic mass is 16.7. The monoisotopic (exact) mass is 586 g/mol. The van der Waals surface area contributed by atoms with Crippen molar-refractivity contribution in [2.24, 2.45) is 17.2 Å². The van der Waals surface area contributed by atoms with Gasteiger partial charge in [-0.25, -0.2) is 0 Å². The summed E-state index contributed by atoms with van der Waals surface area (Å²) in [4.78, 5) is 12.6. The van der Waals surface area contributed by atoms with Gasteiger partial charge in [0.15, 0.2) is 12.6 Å². The van der Waals surface area contributed by atoms with E-state index in [4.69, 9.17) is 36.1 Å². The summed E-state index contributed by atoms with van der Waals surface area (Å²) in [6.45, 7) is -1.42. The minimum absolute atomic E-state index is 0.00119. The quantitative estimate of drug-likeness (QED) is 0.113. The van der Waals surface area contributed by atoms with Crippen LogP contribution in [0.4, 0.5) is 0 Å². The Kier molecular flexibility index (Phi) is 11.9. The average Bonchev–Trinajstić information content (AvgIpc) is 2.92. The van der Waals surface area contributed by atoms with Gasteiger partial charge in [0.25, 0.3) is 0 Å². The normalized spacial score (nSPS) is 47.0. The second-order valence-corrected chi connectivity index (χ2v) is 10.3. The number of hydrogen-bond donors (Lipinski definition) is 13. The third-order valence-corrected chi connectivity index (χ3v) is 7.46. The third-order valence-electron chi connectivity index (χ3n) is 7.46. The molecule has 0 spiro atoms. The van der Waals surface area contributed by atoms with Crippen LogP contribution in [0, 0.1) is 0 Å². The van der Waals surface area contributed by atoms with Crippen molar-refractivity contribution in [3.8, 4) is 0 Å². The largest absolute Gasteiger partial charge is 0.394 e. The van der Waals surface area contributed by atoms with E-state index in [1.807, 2.05) is 0 Å². The highest BCUT2D eigenvalue weighted by molar-refractivity contribution is 5.80. The number of carbonyl (C=O) groups excluding carboxylic acids is 1. The molecule has 2 aliphatic heterocycles. The lowest BCUT2D eigenvalue weighted by atomic mass is 9.83. The molecule has 0 aromatic heterocycles. The van der Waals surface area contributed by atoms with Crippen LogP contribution in [0.5, 0.6) is 0 Å². The SMILES string of the molecule is NCC[C@H](O)C(=O)N[C@@H]1CC(N)[C@@H](O[C@H]2OC(CO)[C@@H](O)C(O)C2O)C(O)[C@@H]1O[C@H]1OC(CO)[C@@H](O)C(N)[C@@H]1O. The zero-order chi connectivity index (χ0) is 29.9. The number of rotatable bonds is 10. The van der Waals surface area contributed by atoms with Gasteiger partial charge in [-0.1, -0.05) is 0 Å². The van der Waals surface area contributed by atoms with Crippen molar-refractivity contribution in [1.29, 1.82) is 0 Å². The Labute approximate surface area is 229 Å². The van der Waals surface area contributed by atoms with Gasteiger partial charge < -0.3 is 87.4 Å². The zero-order valence-corrected chi connectivity index (χ0v) is 21.6. The predicted octanol–water partition coefficient (Wildman–Crippen LogP) is -8.39. The van der Waals surface area contributed by atoms with Crippen LogP contribution >= 0.6 is 0 Å². The van der Waals surface area contributed by atoms with Crippen LogP contribution in [-0.2, 0) is 23.7 Å². The number of nitrogens with one attached hydrogen (secondary N) is 1. The maximum absolute atomic E-state index is 12.6. The fourth-order valence-corrected chi connectivity index (χ4v) is 5.02. The van der Waals surface area contributed by atoms with Crippen LogP contribution in [0.3, 0.4) is 0 Å². The van der Waals surface area contributed by atoms with E-state index in [0.29, 0.717) is 0 Å². The van der Waals surface area contributed by atoms with Gasteiger partial charge in [0, 0.05) is 6.04 Å². The van der Waals surface area contributed by atoms with Crippen molar-refractivity contribution in [2.45, 2.75) is 111 Å². The van der Waals surface area contributed by atoms with Crippen molar-refractivity contribution in [2.75, 3.05) is 19.8 Å². The zero-order valence-electron chi connectivity index (χ0n) is 21.6. The summed E-state index contributed by atoms with van der Waals surface area (Å²) in [6, 6.07) is -3.52. The summed E-state index contributed by atoms with van der Waals surface area (Å²) in [6.07, 6.45) is -20.6. The van der Waals surface area contributed by atoms with Gasteiger partial charge in [-0.2, -0.15) is 0 Å². The summed E-state index contributed by atoms with van der Waals surface area (Å²) in [5.74, 6) is -0.859. The lowest BCUT2D eigenvalue weighted by Gasteiger charge is -2.48. The Morgan fingerprint density at radius 1 is 0.825 bits per heavy atom. The van der Waals surface area contributed by atoms with Gasteiger partial charge >= 0.3 is 0 Å². The Morgan fingerprint density at radius 2 is 1.38 bits per heavy atom. The first kappa shape index (κ1) is 33.3. The van der Waals surface area contributed by atoms with Crippen LogP contribution in [0.15, 0.2) is 0 Å². The molecule has 0 aromatic carbocycles. The molecule has 16 N–H and O–H groups in total. The number of hydrogen-bond acceptors (Lipinski definition) is 17. The highest BCUT2D eigenvalue weighted by Gasteiger charge is 2.52. The third kappa shape index (κ3) is 7.06. The number of aliphatic hydroxyl groups is 9. The van der Waals surface area contributed by atoms with Gasteiger partial charge in [-0.05, 0) is 19.4 Å². The lowest BCUT2D eigenvalue weighted by Crippen LogP contribution is -2.69. The van der Waals surface area contributed by atoms with E-state index in [1.165, 1.54) is 0 Å². The Balaban J connectivity index is 1.85. The molecule has 1 amide bonds. The standard InChI is InChI=1S/C22H42N4O14/c23-2-1-8(29)20(36)26-7-3-6(24)18(39-22-16(34)15(33)13(31)10(5-28)38-22)17(35)19(7)40-21-14(32)11(25)12(30)9(4-27)37-21/h6-19,21-22,27-35H,1-5,23-25H2,(H,26,36)/t6?,7-,8+,9?,10?,11?,12-,13-,14+,15?,16?,17?,18-,19-,21-,22-/m1/s1. The number of ether oxygens (including phenoxy) is 4. The molecule has 3 fully saturated rings. The number of aliphatic hydroxyl groups excluding tert-OH is 9. The second kappa shape index (κ2) is 14.3. The first-order valence-corrected chi connectivity index (χ1v) is 13.0. The molecule has 1 saturated carbocycles. The molecule has 3 rings (SSSR count). The van der Waals surface area contributed by atoms with E-state index in [9.17, 15) is 50.8 Å². The van der Waals surface area contributed by atoms with E-state index < -0.39 is 117 Å². The van der Waals surface area contributed by atoms with E-state index >= 15 is 0 Å². The Bertz CT molecular complexity index is 813. The maximum Gasteiger partial charge on any atom is 0.249 e. The molecule has 18 heteroatoms. The molecule has 18 nitrogen and oxygen atoms in total. The molecule has 2 saturated heterocycles. The topological polar surface area (TPSA) is 326 Å². The number of amides is 1. The summed E-state index contributed by atoms with van der Waals surface area (Å²) in [5, 5.41) is 94.0. The van der Waals surface area contributed by atoms with Gasteiger partial charge in [0.05, 0.1) is 25.3 Å². The molecule has 2 heterocycles. The summed E-state index contributed by atoms with van der Waals surface area (Å²) < 4.78 is 22.3. The molecular formula is C22H42N4O14. The fraction of sp³-hybridized carbons (Fsp3) is 0.955. The summed E-state index contributed by atoms with van der Waals surface area (Å²) in [7, 11) is 0. The van der Waals surface area contributed by atoms with Crippen LogP contribution in [0.2, 0.25) is 0 Å². The molecule has 1 aliphatic carbocycles. The Hall–Kier alpha value is -1.17. The Morgan fingerprint density at radius 3 is 1.95 bits per heavy atom. The van der Waals surface area contributed by atoms with Crippen molar-refractivity contribution in [1.82, 2.24) is 5.32 Å². The second-order valence-electron chi connectivity index (χ2n) is 10.3. The van der Waals surface area contributed by atoms with E-state index in [1.54, 1.807) is 0 Å². The molecule has 234 valence electrons. The molecule has 16 atom stereocenters. The lowest BCUT2D eigenvalue weighted by molar-refractivity contribution is -0.335. The van der Waals surface area contributed by atoms with Gasteiger partial charge in [-0.15, -0.1) is 0 Å². The average molecular weight is 587 g/mol.